The third kappa shape index (κ3) is 2.82. The number of hydrogen-bond acceptors (Lipinski definition) is 3. The van der Waals surface area contributed by atoms with Gasteiger partial charge in [-0.05, 0) is 32.0 Å². The predicted octanol–water partition coefficient (Wildman–Crippen LogP) is 3.20. The van der Waals surface area contributed by atoms with E-state index in [9.17, 15) is 0 Å². The lowest BCUT2D eigenvalue weighted by atomic mass is 10.1. The zero-order valence-electron chi connectivity index (χ0n) is 10.1. The quantitative estimate of drug-likeness (QED) is 0.877. The van der Waals surface area contributed by atoms with Crippen molar-refractivity contribution in [2.45, 2.75) is 19.9 Å². The second-order valence-corrected chi connectivity index (χ2v) is 4.06. The highest BCUT2D eigenvalue weighted by atomic mass is 16.5. The van der Waals surface area contributed by atoms with Crippen LogP contribution in [0.1, 0.15) is 24.2 Å². The summed E-state index contributed by atoms with van der Waals surface area (Å²) in [6.45, 7) is 3.88. The third-order valence-electron chi connectivity index (χ3n) is 2.52. The van der Waals surface area contributed by atoms with Crippen molar-refractivity contribution in [3.8, 4) is 11.5 Å². The van der Waals surface area contributed by atoms with Gasteiger partial charge in [-0.15, -0.1) is 0 Å². The van der Waals surface area contributed by atoms with Crippen molar-refractivity contribution in [1.29, 1.82) is 0 Å². The van der Waals surface area contributed by atoms with Crippen LogP contribution in [0.5, 0.6) is 11.5 Å². The van der Waals surface area contributed by atoms with E-state index in [2.05, 4.69) is 4.98 Å². The molecule has 1 aromatic heterocycles. The molecule has 0 aliphatic rings. The highest BCUT2D eigenvalue weighted by Crippen LogP contribution is 2.27. The van der Waals surface area contributed by atoms with Crippen LogP contribution in [0.25, 0.3) is 0 Å². The molecule has 1 heterocycles. The fourth-order valence-corrected chi connectivity index (χ4v) is 1.59. The molecule has 17 heavy (non-hydrogen) atoms. The molecule has 88 valence electrons. The lowest BCUT2D eigenvalue weighted by Crippen LogP contribution is -2.06. The molecule has 1 aromatic carbocycles. The smallest absolute Gasteiger partial charge is 0.145 e. The predicted molar refractivity (Wildman–Crippen MR) is 68.1 cm³/mol. The molecule has 2 aromatic rings. The molecule has 0 saturated carbocycles. The van der Waals surface area contributed by atoms with Crippen molar-refractivity contribution < 1.29 is 4.74 Å². The van der Waals surface area contributed by atoms with E-state index in [1.807, 2.05) is 50.2 Å². The van der Waals surface area contributed by atoms with Gasteiger partial charge >= 0.3 is 0 Å². The van der Waals surface area contributed by atoms with Gasteiger partial charge < -0.3 is 10.5 Å². The molecule has 0 amide bonds. The maximum absolute atomic E-state index is 5.90. The zero-order chi connectivity index (χ0) is 12.3. The van der Waals surface area contributed by atoms with Crippen molar-refractivity contribution >= 4 is 0 Å². The Hall–Kier alpha value is -1.87. The van der Waals surface area contributed by atoms with Crippen LogP contribution in [0.3, 0.4) is 0 Å². The van der Waals surface area contributed by atoms with E-state index in [0.29, 0.717) is 0 Å². The maximum atomic E-state index is 5.90. The lowest BCUT2D eigenvalue weighted by Gasteiger charge is -2.13. The minimum atomic E-state index is -0.0513. The number of ether oxygens (including phenoxy) is 1. The van der Waals surface area contributed by atoms with Gasteiger partial charge in [0, 0.05) is 17.3 Å². The Morgan fingerprint density at radius 1 is 1.18 bits per heavy atom. The fourth-order valence-electron chi connectivity index (χ4n) is 1.59. The van der Waals surface area contributed by atoms with Crippen LogP contribution in [0.4, 0.5) is 0 Å². The second kappa shape index (κ2) is 4.97. The van der Waals surface area contributed by atoms with E-state index >= 15 is 0 Å². The lowest BCUT2D eigenvalue weighted by molar-refractivity contribution is 0.469. The highest BCUT2D eigenvalue weighted by molar-refractivity contribution is 5.38. The molecular formula is C14H16N2O. The number of nitrogens with zero attached hydrogens (tertiary/aromatic N) is 1. The van der Waals surface area contributed by atoms with Crippen molar-refractivity contribution in [2.24, 2.45) is 5.73 Å². The third-order valence-corrected chi connectivity index (χ3v) is 2.52. The first-order valence-electron chi connectivity index (χ1n) is 5.62. The van der Waals surface area contributed by atoms with Gasteiger partial charge in [-0.2, -0.15) is 0 Å². The molecule has 0 bridgehead atoms. The van der Waals surface area contributed by atoms with E-state index in [-0.39, 0.29) is 6.04 Å². The molecule has 2 rings (SSSR count). The molecule has 0 aliphatic heterocycles. The first kappa shape index (κ1) is 11.6. The number of aryl methyl sites for hydroxylation is 1. The SMILES string of the molecule is Cc1ccc(Oc2ccccc2[C@@H](C)N)cn1. The van der Waals surface area contributed by atoms with Gasteiger partial charge in [0.25, 0.3) is 0 Å². The molecule has 0 saturated heterocycles. The molecular weight excluding hydrogens is 212 g/mol. The molecule has 1 atom stereocenters. The van der Waals surface area contributed by atoms with Gasteiger partial charge in [-0.1, -0.05) is 18.2 Å². The zero-order valence-corrected chi connectivity index (χ0v) is 10.1. The number of rotatable bonds is 3. The van der Waals surface area contributed by atoms with E-state index in [4.69, 9.17) is 10.5 Å². The Balaban J connectivity index is 2.26. The van der Waals surface area contributed by atoms with Crippen LogP contribution >= 0.6 is 0 Å². The molecule has 0 unspecified atom stereocenters. The maximum Gasteiger partial charge on any atom is 0.145 e. The molecule has 0 aliphatic carbocycles. The van der Waals surface area contributed by atoms with Crippen LogP contribution in [-0.4, -0.2) is 4.98 Å². The monoisotopic (exact) mass is 228 g/mol. The summed E-state index contributed by atoms with van der Waals surface area (Å²) in [7, 11) is 0. The van der Waals surface area contributed by atoms with Gasteiger partial charge in [-0.3, -0.25) is 4.98 Å². The number of benzene rings is 1. The molecule has 3 nitrogen and oxygen atoms in total. The van der Waals surface area contributed by atoms with Gasteiger partial charge in [0.15, 0.2) is 0 Å². The normalized spacial score (nSPS) is 12.2. The van der Waals surface area contributed by atoms with Gasteiger partial charge in [0.1, 0.15) is 11.5 Å². The molecule has 0 radical (unpaired) electrons. The van der Waals surface area contributed by atoms with E-state index in [1.165, 1.54) is 0 Å². The first-order chi connectivity index (χ1) is 8.16. The Morgan fingerprint density at radius 3 is 2.59 bits per heavy atom. The second-order valence-electron chi connectivity index (χ2n) is 4.06. The topological polar surface area (TPSA) is 48.1 Å². The Bertz CT molecular complexity index is 492. The van der Waals surface area contributed by atoms with E-state index < -0.39 is 0 Å². The largest absolute Gasteiger partial charge is 0.455 e. The standard InChI is InChI=1S/C14H16N2O/c1-10-7-8-12(9-16-10)17-14-6-4-3-5-13(14)11(2)15/h3-9,11H,15H2,1-2H3/t11-/m1/s1. The summed E-state index contributed by atoms with van der Waals surface area (Å²) >= 11 is 0. The van der Waals surface area contributed by atoms with Crippen molar-refractivity contribution in [3.63, 3.8) is 0 Å². The molecule has 2 N–H and O–H groups in total. The summed E-state index contributed by atoms with van der Waals surface area (Å²) in [5.74, 6) is 1.51. The Morgan fingerprint density at radius 2 is 1.94 bits per heavy atom. The van der Waals surface area contributed by atoms with Crippen LogP contribution < -0.4 is 10.5 Å². The van der Waals surface area contributed by atoms with E-state index in [0.717, 1.165) is 22.8 Å². The van der Waals surface area contributed by atoms with Crippen molar-refractivity contribution in [3.05, 3.63) is 53.9 Å². The van der Waals surface area contributed by atoms with Crippen LogP contribution in [0.15, 0.2) is 42.6 Å². The highest BCUT2D eigenvalue weighted by Gasteiger charge is 2.07. The van der Waals surface area contributed by atoms with Crippen LogP contribution in [0.2, 0.25) is 0 Å². The number of para-hydroxylation sites is 1. The first-order valence-corrected chi connectivity index (χ1v) is 5.62. The summed E-state index contributed by atoms with van der Waals surface area (Å²) in [6, 6.07) is 11.6. The average molecular weight is 228 g/mol. The molecule has 0 spiro atoms. The summed E-state index contributed by atoms with van der Waals surface area (Å²) in [5.41, 5.74) is 7.86. The fraction of sp³-hybridized carbons (Fsp3) is 0.214. The van der Waals surface area contributed by atoms with Gasteiger partial charge in [-0.25, -0.2) is 0 Å². The Labute approximate surface area is 101 Å². The molecule has 3 heteroatoms. The Kier molecular flexibility index (Phi) is 3.40. The summed E-state index contributed by atoms with van der Waals surface area (Å²) < 4.78 is 5.78. The number of aromatic nitrogens is 1. The van der Waals surface area contributed by atoms with Crippen LogP contribution in [0, 0.1) is 6.92 Å². The van der Waals surface area contributed by atoms with E-state index in [1.54, 1.807) is 6.20 Å². The summed E-state index contributed by atoms with van der Waals surface area (Å²) in [6.07, 6.45) is 1.72. The number of nitrogens with two attached hydrogens (primary N) is 1. The summed E-state index contributed by atoms with van der Waals surface area (Å²) in [5, 5.41) is 0. The van der Waals surface area contributed by atoms with Crippen molar-refractivity contribution in [2.75, 3.05) is 0 Å². The molecule has 0 fully saturated rings. The summed E-state index contributed by atoms with van der Waals surface area (Å²) in [4.78, 5) is 4.19. The van der Waals surface area contributed by atoms with Gasteiger partial charge in [0.2, 0.25) is 0 Å². The van der Waals surface area contributed by atoms with Gasteiger partial charge in [0.05, 0.1) is 6.20 Å². The minimum absolute atomic E-state index is 0.0513. The number of pyridine rings is 1. The minimum Gasteiger partial charge on any atom is -0.455 e. The number of hydrogen-bond donors (Lipinski definition) is 1. The van der Waals surface area contributed by atoms with Crippen molar-refractivity contribution in [1.82, 2.24) is 4.98 Å². The van der Waals surface area contributed by atoms with Crippen LogP contribution in [-0.2, 0) is 0 Å². The average Bonchev–Trinajstić information content (AvgIpc) is 2.32.